The Balaban J connectivity index is 1.44. The van der Waals surface area contributed by atoms with Crippen LogP contribution < -0.4 is 15.5 Å². The number of likely N-dealkylation sites (N-methyl/N-ethyl adjacent to an activating group) is 1. The van der Waals surface area contributed by atoms with Crippen molar-refractivity contribution in [2.24, 2.45) is 0 Å². The third-order valence-corrected chi connectivity index (χ3v) is 6.73. The summed E-state index contributed by atoms with van der Waals surface area (Å²) in [7, 11) is 2.09. The molecule has 2 aliphatic heterocycles. The number of ether oxygens (including phenoxy) is 1. The highest BCUT2D eigenvalue weighted by molar-refractivity contribution is 5.67. The Kier molecular flexibility index (Phi) is 9.08. The first-order valence-corrected chi connectivity index (χ1v) is 13.0. The molecule has 0 saturated carbocycles. The molecule has 0 atom stereocenters. The molecule has 0 spiro atoms. The molecule has 2 saturated heterocycles. The molecule has 0 aliphatic carbocycles. The zero-order valence-corrected chi connectivity index (χ0v) is 21.9. The van der Waals surface area contributed by atoms with Crippen LogP contribution in [0.25, 0.3) is 0 Å². The van der Waals surface area contributed by atoms with E-state index in [9.17, 15) is 18.0 Å². The highest BCUT2D eigenvalue weighted by Crippen LogP contribution is 2.34. The fourth-order valence-corrected chi connectivity index (χ4v) is 4.43. The maximum Gasteiger partial charge on any atom is 0.421 e. The number of carbonyl (C=O) groups excluding carboxylic acids is 1. The summed E-state index contributed by atoms with van der Waals surface area (Å²) >= 11 is 0. The fourth-order valence-electron chi connectivity index (χ4n) is 4.43. The van der Waals surface area contributed by atoms with Gasteiger partial charge in [0.05, 0.1) is 18.5 Å². The topological polar surface area (TPSA) is 98.8 Å². The lowest BCUT2D eigenvalue weighted by Crippen LogP contribution is -2.44. The monoisotopic (exact) mass is 536 g/mol. The Morgan fingerprint density at radius 2 is 1.87 bits per heavy atom. The van der Waals surface area contributed by atoms with E-state index in [0.29, 0.717) is 38.2 Å². The molecule has 2 aromatic rings. The minimum Gasteiger partial charge on any atom is -0.449 e. The first kappa shape index (κ1) is 27.7. The third-order valence-electron chi connectivity index (χ3n) is 6.73. The lowest BCUT2D eigenvalue weighted by atomic mass is 10.1. The van der Waals surface area contributed by atoms with Crippen LogP contribution in [0.4, 0.5) is 41.2 Å². The second-order valence-corrected chi connectivity index (χ2v) is 9.51. The van der Waals surface area contributed by atoms with Crippen molar-refractivity contribution in [2.45, 2.75) is 38.8 Å². The number of pyridine rings is 1. The number of nitrogens with zero attached hydrogens (tertiary/aromatic N) is 6. The molecular weight excluding hydrogens is 501 g/mol. The van der Waals surface area contributed by atoms with Crippen LogP contribution in [0.3, 0.4) is 0 Å². The number of piperazine rings is 1. The molecule has 4 heterocycles. The quantitative estimate of drug-likeness (QED) is 0.461. The van der Waals surface area contributed by atoms with Crippen molar-refractivity contribution in [1.29, 1.82) is 0 Å². The molecule has 0 bridgehead atoms. The first-order chi connectivity index (χ1) is 18.2. The van der Waals surface area contributed by atoms with Gasteiger partial charge in [0.2, 0.25) is 5.95 Å². The maximum atomic E-state index is 13.6. The van der Waals surface area contributed by atoms with E-state index in [1.165, 1.54) is 0 Å². The Hall–Kier alpha value is -3.35. The molecule has 2 fully saturated rings. The molecule has 10 nitrogen and oxygen atoms in total. The van der Waals surface area contributed by atoms with Gasteiger partial charge in [0.25, 0.3) is 0 Å². The van der Waals surface area contributed by atoms with E-state index in [-0.39, 0.29) is 24.4 Å². The van der Waals surface area contributed by atoms with Crippen LogP contribution in [0.15, 0.2) is 18.5 Å². The second kappa shape index (κ2) is 12.5. The van der Waals surface area contributed by atoms with E-state index in [4.69, 9.17) is 4.74 Å². The van der Waals surface area contributed by atoms with Gasteiger partial charge in [-0.15, -0.1) is 0 Å². The number of hydrogen-bond acceptors (Lipinski definition) is 9. The number of amides is 1. The summed E-state index contributed by atoms with van der Waals surface area (Å²) in [6.07, 6.45) is 0.250. The number of aromatic nitrogens is 3. The van der Waals surface area contributed by atoms with E-state index in [0.717, 1.165) is 56.6 Å². The number of halogens is 3. The standard InChI is InChI=1S/C25H35F3N8O2/c1-3-18-15-21(35-12-10-34(2)11-13-35)30-17-20(18)32-23-31-16-19(25(26,27)28)22(33-23)29-7-6-9-36-8-4-5-14-38-24(36)37/h15-17H,3-14H2,1-2H3,(H2,29,31,32,33). The summed E-state index contributed by atoms with van der Waals surface area (Å²) in [5.74, 6) is 0.610. The van der Waals surface area contributed by atoms with E-state index in [1.807, 2.05) is 13.0 Å². The van der Waals surface area contributed by atoms with Crippen LogP contribution in [0, 0.1) is 0 Å². The van der Waals surface area contributed by atoms with Crippen molar-refractivity contribution < 1.29 is 22.7 Å². The summed E-state index contributed by atoms with van der Waals surface area (Å²) in [6, 6.07) is 2.00. The van der Waals surface area contributed by atoms with Crippen molar-refractivity contribution in [1.82, 2.24) is 24.8 Å². The van der Waals surface area contributed by atoms with Gasteiger partial charge >= 0.3 is 12.3 Å². The number of aryl methyl sites for hydroxylation is 1. The van der Waals surface area contributed by atoms with E-state index in [2.05, 4.69) is 42.4 Å². The number of nitrogens with one attached hydrogen (secondary N) is 2. The zero-order valence-electron chi connectivity index (χ0n) is 21.9. The van der Waals surface area contributed by atoms with Crippen LogP contribution in [-0.2, 0) is 17.3 Å². The van der Waals surface area contributed by atoms with Crippen molar-refractivity contribution >= 4 is 29.4 Å². The van der Waals surface area contributed by atoms with Crippen molar-refractivity contribution in [2.75, 3.05) is 75.0 Å². The normalized spacial score (nSPS) is 17.2. The van der Waals surface area contributed by atoms with Gasteiger partial charge in [-0.1, -0.05) is 6.92 Å². The molecule has 208 valence electrons. The average molecular weight is 537 g/mol. The highest BCUT2D eigenvalue weighted by atomic mass is 19.4. The summed E-state index contributed by atoms with van der Waals surface area (Å²) in [6.45, 7) is 7.25. The molecule has 2 aromatic heterocycles. The van der Waals surface area contributed by atoms with Gasteiger partial charge in [0.1, 0.15) is 17.2 Å². The zero-order chi connectivity index (χ0) is 27.1. The molecule has 13 heteroatoms. The molecular formula is C25H35F3N8O2. The fraction of sp³-hybridized carbons (Fsp3) is 0.600. The van der Waals surface area contributed by atoms with Crippen molar-refractivity contribution in [3.63, 3.8) is 0 Å². The van der Waals surface area contributed by atoms with Crippen LogP contribution in [-0.4, -0.2) is 90.3 Å². The lowest BCUT2D eigenvalue weighted by Gasteiger charge is -2.33. The minimum atomic E-state index is -4.62. The van der Waals surface area contributed by atoms with Crippen molar-refractivity contribution in [3.05, 3.63) is 29.6 Å². The number of anilines is 4. The Morgan fingerprint density at radius 3 is 2.61 bits per heavy atom. The van der Waals surface area contributed by atoms with E-state index in [1.54, 1.807) is 11.1 Å². The number of alkyl halides is 3. The Morgan fingerprint density at radius 1 is 1.08 bits per heavy atom. The SMILES string of the molecule is CCc1cc(N2CCN(C)CC2)ncc1Nc1ncc(C(F)(F)F)c(NCCCN2CCCCOC2=O)n1. The van der Waals surface area contributed by atoms with Gasteiger partial charge in [0.15, 0.2) is 0 Å². The van der Waals surface area contributed by atoms with Crippen LogP contribution >= 0.6 is 0 Å². The summed E-state index contributed by atoms with van der Waals surface area (Å²) in [4.78, 5) is 30.7. The van der Waals surface area contributed by atoms with Gasteiger partial charge in [0, 0.05) is 52.0 Å². The minimum absolute atomic E-state index is 0.0421. The lowest BCUT2D eigenvalue weighted by molar-refractivity contribution is -0.137. The molecule has 0 aromatic carbocycles. The molecule has 1 amide bonds. The van der Waals surface area contributed by atoms with Crippen LogP contribution in [0.2, 0.25) is 0 Å². The maximum absolute atomic E-state index is 13.6. The molecule has 0 unspecified atom stereocenters. The Labute approximate surface area is 220 Å². The van der Waals surface area contributed by atoms with Crippen LogP contribution in [0.1, 0.15) is 37.3 Å². The predicted molar refractivity (Wildman–Crippen MR) is 139 cm³/mol. The molecule has 4 rings (SSSR count). The molecule has 2 N–H and O–H groups in total. The summed E-state index contributed by atoms with van der Waals surface area (Å²) in [5, 5.41) is 5.83. The highest BCUT2D eigenvalue weighted by Gasteiger charge is 2.35. The first-order valence-electron chi connectivity index (χ1n) is 13.0. The van der Waals surface area contributed by atoms with Gasteiger partial charge in [-0.25, -0.2) is 14.8 Å². The summed E-state index contributed by atoms with van der Waals surface area (Å²) < 4.78 is 46.0. The van der Waals surface area contributed by atoms with Gasteiger partial charge in [-0.2, -0.15) is 18.2 Å². The number of carbonyl (C=O) groups is 1. The van der Waals surface area contributed by atoms with Crippen LogP contribution in [0.5, 0.6) is 0 Å². The number of cyclic esters (lactones) is 1. The molecule has 38 heavy (non-hydrogen) atoms. The summed E-state index contributed by atoms with van der Waals surface area (Å²) in [5.41, 5.74) is 0.670. The Bertz CT molecular complexity index is 1090. The predicted octanol–water partition coefficient (Wildman–Crippen LogP) is 3.98. The largest absolute Gasteiger partial charge is 0.449 e. The van der Waals surface area contributed by atoms with E-state index < -0.39 is 11.7 Å². The van der Waals surface area contributed by atoms with Gasteiger partial charge < -0.3 is 30.1 Å². The van der Waals surface area contributed by atoms with E-state index >= 15 is 0 Å². The number of rotatable bonds is 9. The van der Waals surface area contributed by atoms with Gasteiger partial charge in [-0.3, -0.25) is 0 Å². The van der Waals surface area contributed by atoms with Gasteiger partial charge in [-0.05, 0) is 44.4 Å². The average Bonchev–Trinajstić information content (AvgIpc) is 3.10. The second-order valence-electron chi connectivity index (χ2n) is 9.51. The van der Waals surface area contributed by atoms with Crippen molar-refractivity contribution in [3.8, 4) is 0 Å². The molecule has 0 radical (unpaired) electrons. The number of hydrogen-bond donors (Lipinski definition) is 2. The third kappa shape index (κ3) is 7.15. The molecule has 2 aliphatic rings. The smallest absolute Gasteiger partial charge is 0.421 e.